The predicted molar refractivity (Wildman–Crippen MR) is 139 cm³/mol. The van der Waals surface area contributed by atoms with Crippen molar-refractivity contribution in [3.63, 3.8) is 0 Å². The molecule has 2 aliphatic heterocycles. The maximum absolute atomic E-state index is 13.6. The molecular weight excluding hydrogens is 446 g/mol. The van der Waals surface area contributed by atoms with Gasteiger partial charge in [-0.2, -0.15) is 0 Å². The molecule has 182 valence electrons. The van der Waals surface area contributed by atoms with Crippen LogP contribution in [0.4, 0.5) is 0 Å². The number of aromatic nitrogens is 2. The summed E-state index contributed by atoms with van der Waals surface area (Å²) in [5.41, 5.74) is 2.25. The number of piperidine rings is 2. The molecule has 0 spiro atoms. The highest BCUT2D eigenvalue weighted by Crippen LogP contribution is 2.26. The maximum atomic E-state index is 13.6. The van der Waals surface area contributed by atoms with E-state index in [9.17, 15) is 4.79 Å². The highest BCUT2D eigenvalue weighted by atomic mass is 32.1. The summed E-state index contributed by atoms with van der Waals surface area (Å²) in [5.74, 6) is 0.872. The second-order valence-corrected chi connectivity index (χ2v) is 9.89. The molecule has 0 radical (unpaired) electrons. The van der Waals surface area contributed by atoms with Crippen LogP contribution in [0.5, 0.6) is 0 Å². The van der Waals surface area contributed by atoms with Gasteiger partial charge in [-0.25, -0.2) is 4.79 Å². The van der Waals surface area contributed by atoms with Crippen molar-refractivity contribution in [2.75, 3.05) is 32.7 Å². The Morgan fingerprint density at radius 1 is 0.971 bits per heavy atom. The van der Waals surface area contributed by atoms with E-state index in [2.05, 4.69) is 27.2 Å². The Kier molecular flexibility index (Phi) is 7.35. The fourth-order valence-electron chi connectivity index (χ4n) is 5.45. The minimum Gasteiger partial charge on any atom is -0.467 e. The molecule has 0 unspecified atom stereocenters. The number of benzene rings is 1. The number of imidazole rings is 1. The number of para-hydroxylation sites is 2. The molecule has 1 aromatic carbocycles. The quantitative estimate of drug-likeness (QED) is 0.515. The lowest BCUT2D eigenvalue weighted by atomic mass is 10.0. The van der Waals surface area contributed by atoms with Gasteiger partial charge in [0.2, 0.25) is 0 Å². The van der Waals surface area contributed by atoms with Crippen LogP contribution in [0.1, 0.15) is 50.3 Å². The van der Waals surface area contributed by atoms with Crippen LogP contribution in [0.25, 0.3) is 11.0 Å². The molecule has 5 rings (SSSR count). The second kappa shape index (κ2) is 10.8. The Labute approximate surface area is 206 Å². The zero-order valence-electron chi connectivity index (χ0n) is 19.8. The number of likely N-dealkylation sites (tertiary alicyclic amines) is 2. The van der Waals surface area contributed by atoms with Crippen molar-refractivity contribution >= 4 is 28.4 Å². The van der Waals surface area contributed by atoms with Crippen molar-refractivity contribution < 1.29 is 4.42 Å². The van der Waals surface area contributed by atoms with Gasteiger partial charge in [0, 0.05) is 25.7 Å². The van der Waals surface area contributed by atoms with Crippen molar-refractivity contribution in [3.05, 3.63) is 58.9 Å². The fraction of sp³-hybridized carbons (Fsp3) is 0.538. The molecule has 7 nitrogen and oxygen atoms in total. The van der Waals surface area contributed by atoms with Crippen LogP contribution in [0.2, 0.25) is 0 Å². The van der Waals surface area contributed by atoms with Crippen LogP contribution in [0.15, 0.2) is 51.9 Å². The Hall–Kier alpha value is -2.58. The summed E-state index contributed by atoms with van der Waals surface area (Å²) in [6.45, 7) is 6.54. The van der Waals surface area contributed by atoms with Crippen LogP contribution < -0.4 is 11.0 Å². The lowest BCUT2D eigenvalue weighted by Crippen LogP contribution is -2.45. The summed E-state index contributed by atoms with van der Waals surface area (Å²) in [7, 11) is 0. The lowest BCUT2D eigenvalue weighted by molar-refractivity contribution is 0.222. The first-order valence-corrected chi connectivity index (χ1v) is 13.1. The average Bonchev–Trinajstić information content (AvgIpc) is 3.50. The van der Waals surface area contributed by atoms with E-state index in [1.54, 1.807) is 6.26 Å². The number of fused-ring (bicyclic) bond motifs is 1. The summed E-state index contributed by atoms with van der Waals surface area (Å²) in [6.07, 6.45) is 8.47. The Morgan fingerprint density at radius 3 is 2.47 bits per heavy atom. The van der Waals surface area contributed by atoms with Gasteiger partial charge in [-0.1, -0.05) is 18.6 Å². The average molecular weight is 482 g/mol. The molecule has 1 N–H and O–H groups in total. The first-order valence-electron chi connectivity index (χ1n) is 12.7. The van der Waals surface area contributed by atoms with E-state index in [1.807, 2.05) is 33.4 Å². The molecule has 0 amide bonds. The number of nitrogens with one attached hydrogen (secondary N) is 1. The zero-order valence-corrected chi connectivity index (χ0v) is 20.6. The van der Waals surface area contributed by atoms with E-state index >= 15 is 0 Å². The summed E-state index contributed by atoms with van der Waals surface area (Å²) in [6, 6.07) is 12.3. The normalized spacial score (nSPS) is 17.9. The minimum atomic E-state index is 0.136. The molecule has 0 aliphatic carbocycles. The zero-order chi connectivity index (χ0) is 23.3. The van der Waals surface area contributed by atoms with E-state index in [0.29, 0.717) is 6.54 Å². The third-order valence-corrected chi connectivity index (χ3v) is 7.69. The monoisotopic (exact) mass is 481 g/mol. The Morgan fingerprint density at radius 2 is 1.74 bits per heavy atom. The van der Waals surface area contributed by atoms with Crippen LogP contribution in [-0.2, 0) is 13.1 Å². The number of thiocarbonyl (C=S) groups is 1. The molecule has 2 saturated heterocycles. The van der Waals surface area contributed by atoms with Crippen LogP contribution in [-0.4, -0.2) is 56.8 Å². The van der Waals surface area contributed by atoms with Crippen molar-refractivity contribution in [1.29, 1.82) is 0 Å². The van der Waals surface area contributed by atoms with E-state index < -0.39 is 0 Å². The SMILES string of the molecule is O=c1n(CCCN2CCCCC2)c2ccccc2n1C1CCN(C(=S)NCc2ccco2)CC1. The van der Waals surface area contributed by atoms with E-state index in [4.69, 9.17) is 16.6 Å². The summed E-state index contributed by atoms with van der Waals surface area (Å²) in [4.78, 5) is 18.3. The topological polar surface area (TPSA) is 58.6 Å². The van der Waals surface area contributed by atoms with Gasteiger partial charge in [0.25, 0.3) is 0 Å². The number of hydrogen-bond donors (Lipinski definition) is 1. The number of aryl methyl sites for hydroxylation is 1. The molecule has 0 saturated carbocycles. The molecule has 2 aromatic heterocycles. The van der Waals surface area contributed by atoms with Crippen molar-refractivity contribution in [3.8, 4) is 0 Å². The molecule has 0 atom stereocenters. The molecule has 2 aliphatic rings. The molecule has 0 bridgehead atoms. The third kappa shape index (κ3) is 5.08. The van der Waals surface area contributed by atoms with Gasteiger partial charge < -0.3 is 19.5 Å². The van der Waals surface area contributed by atoms with E-state index in [-0.39, 0.29) is 11.7 Å². The highest BCUT2D eigenvalue weighted by molar-refractivity contribution is 7.80. The summed E-state index contributed by atoms with van der Waals surface area (Å²) < 4.78 is 9.43. The summed E-state index contributed by atoms with van der Waals surface area (Å²) >= 11 is 5.61. The van der Waals surface area contributed by atoms with Crippen LogP contribution in [0, 0.1) is 0 Å². The van der Waals surface area contributed by atoms with Crippen molar-refractivity contribution in [2.24, 2.45) is 0 Å². The number of rotatable bonds is 7. The number of hydrogen-bond acceptors (Lipinski definition) is 4. The molecule has 34 heavy (non-hydrogen) atoms. The summed E-state index contributed by atoms with van der Waals surface area (Å²) in [5, 5.41) is 4.04. The minimum absolute atomic E-state index is 0.136. The molecule has 8 heteroatoms. The van der Waals surface area contributed by atoms with Gasteiger partial charge in [0.05, 0.1) is 23.8 Å². The Balaban J connectivity index is 1.23. The lowest BCUT2D eigenvalue weighted by Gasteiger charge is -2.34. The van der Waals surface area contributed by atoms with Gasteiger partial charge in [-0.3, -0.25) is 9.13 Å². The van der Waals surface area contributed by atoms with Gasteiger partial charge in [-0.15, -0.1) is 0 Å². The Bertz CT molecular complexity index is 1140. The first kappa shape index (κ1) is 23.2. The molecule has 2 fully saturated rings. The molecule has 4 heterocycles. The van der Waals surface area contributed by atoms with Gasteiger partial charge in [0.15, 0.2) is 5.11 Å². The van der Waals surface area contributed by atoms with Crippen molar-refractivity contribution in [1.82, 2.24) is 24.3 Å². The number of furan rings is 1. The van der Waals surface area contributed by atoms with Crippen LogP contribution >= 0.6 is 12.2 Å². The number of nitrogens with zero attached hydrogens (tertiary/aromatic N) is 4. The maximum Gasteiger partial charge on any atom is 0.329 e. The first-order chi connectivity index (χ1) is 16.7. The predicted octanol–water partition coefficient (Wildman–Crippen LogP) is 3.98. The highest BCUT2D eigenvalue weighted by Gasteiger charge is 2.26. The second-order valence-electron chi connectivity index (χ2n) is 9.51. The van der Waals surface area contributed by atoms with Crippen molar-refractivity contribution in [2.45, 2.75) is 57.7 Å². The van der Waals surface area contributed by atoms with E-state index in [0.717, 1.165) is 67.3 Å². The van der Waals surface area contributed by atoms with Crippen LogP contribution in [0.3, 0.4) is 0 Å². The third-order valence-electron chi connectivity index (χ3n) is 7.28. The molecular formula is C26H35N5O2S. The largest absolute Gasteiger partial charge is 0.467 e. The van der Waals surface area contributed by atoms with Gasteiger partial charge >= 0.3 is 5.69 Å². The smallest absolute Gasteiger partial charge is 0.329 e. The van der Waals surface area contributed by atoms with E-state index in [1.165, 1.54) is 32.4 Å². The van der Waals surface area contributed by atoms with Gasteiger partial charge in [-0.05, 0) is 88.2 Å². The fourth-order valence-corrected chi connectivity index (χ4v) is 5.71. The van der Waals surface area contributed by atoms with Gasteiger partial charge in [0.1, 0.15) is 5.76 Å². The molecule has 3 aromatic rings. The standard InChI is InChI=1S/C26H35N5O2S/c32-26-30(16-7-15-28-13-4-1-5-14-28)23-9-2-3-10-24(23)31(26)21-11-17-29(18-12-21)25(34)27-20-22-8-6-19-33-22/h2-3,6,8-10,19,21H,1,4-5,7,11-18,20H2,(H,27,34).